The Balaban J connectivity index is 2.21. The van der Waals surface area contributed by atoms with E-state index in [4.69, 9.17) is 0 Å². The molecule has 0 fully saturated rings. The molecule has 0 radical (unpaired) electrons. The zero-order valence-corrected chi connectivity index (χ0v) is 10.5. The van der Waals surface area contributed by atoms with Gasteiger partial charge in [-0.15, -0.1) is 4.91 Å². The van der Waals surface area contributed by atoms with Crippen LogP contribution in [0.3, 0.4) is 0 Å². The van der Waals surface area contributed by atoms with Gasteiger partial charge in [0.1, 0.15) is 11.4 Å². The zero-order chi connectivity index (χ0) is 13.9. The van der Waals surface area contributed by atoms with Crippen molar-refractivity contribution in [2.24, 2.45) is 5.18 Å². The number of phenolic OH excluding ortho intramolecular Hbond substituents is 1. The van der Waals surface area contributed by atoms with Gasteiger partial charge in [0.2, 0.25) is 0 Å². The van der Waals surface area contributed by atoms with Gasteiger partial charge in [-0.1, -0.05) is 24.3 Å². The molecule has 0 aliphatic carbocycles. The molecule has 0 atom stereocenters. The maximum atomic E-state index is 10.9. The van der Waals surface area contributed by atoms with E-state index in [1.54, 1.807) is 59.4 Å². The zero-order valence-electron chi connectivity index (χ0n) is 10.5. The van der Waals surface area contributed by atoms with Crippen molar-refractivity contribution >= 4 is 5.69 Å². The van der Waals surface area contributed by atoms with Crippen molar-refractivity contribution < 1.29 is 5.11 Å². The van der Waals surface area contributed by atoms with E-state index >= 15 is 0 Å². The molecule has 98 valence electrons. The van der Waals surface area contributed by atoms with Gasteiger partial charge in [0, 0.05) is 5.56 Å². The van der Waals surface area contributed by atoms with E-state index < -0.39 is 0 Å². The van der Waals surface area contributed by atoms with Crippen molar-refractivity contribution in [3.63, 3.8) is 0 Å². The first kappa shape index (κ1) is 12.1. The molecule has 1 aromatic heterocycles. The van der Waals surface area contributed by atoms with Crippen LogP contribution in [-0.4, -0.2) is 14.9 Å². The SMILES string of the molecule is O=Nc1ccccc1-n1nccc1-c1ccccc1O. The summed E-state index contributed by atoms with van der Waals surface area (Å²) in [7, 11) is 0. The molecule has 0 saturated carbocycles. The second-order valence-corrected chi connectivity index (χ2v) is 4.23. The summed E-state index contributed by atoms with van der Waals surface area (Å²) in [5.74, 6) is 0.158. The Morgan fingerprint density at radius 3 is 2.55 bits per heavy atom. The fourth-order valence-electron chi connectivity index (χ4n) is 2.11. The lowest BCUT2D eigenvalue weighted by Crippen LogP contribution is -1.99. The first-order valence-corrected chi connectivity index (χ1v) is 6.06. The Morgan fingerprint density at radius 2 is 1.75 bits per heavy atom. The van der Waals surface area contributed by atoms with E-state index in [0.29, 0.717) is 22.6 Å². The van der Waals surface area contributed by atoms with Gasteiger partial charge in [-0.2, -0.15) is 5.10 Å². The molecule has 5 heteroatoms. The fraction of sp³-hybridized carbons (Fsp3) is 0. The van der Waals surface area contributed by atoms with E-state index in [0.717, 1.165) is 0 Å². The van der Waals surface area contributed by atoms with Crippen molar-refractivity contribution in [3.8, 4) is 22.7 Å². The maximum Gasteiger partial charge on any atom is 0.133 e. The predicted octanol–water partition coefficient (Wildman–Crippen LogP) is 3.64. The number of aromatic hydroxyl groups is 1. The smallest absolute Gasteiger partial charge is 0.133 e. The average Bonchev–Trinajstić information content (AvgIpc) is 2.96. The highest BCUT2D eigenvalue weighted by Crippen LogP contribution is 2.32. The summed E-state index contributed by atoms with van der Waals surface area (Å²) in [4.78, 5) is 10.9. The lowest BCUT2D eigenvalue weighted by atomic mass is 10.1. The number of nitrogens with zero attached hydrogens (tertiary/aromatic N) is 3. The summed E-state index contributed by atoms with van der Waals surface area (Å²) in [6.07, 6.45) is 1.61. The minimum Gasteiger partial charge on any atom is -0.507 e. The minimum absolute atomic E-state index is 0.158. The van der Waals surface area contributed by atoms with Crippen LogP contribution >= 0.6 is 0 Å². The van der Waals surface area contributed by atoms with Gasteiger partial charge in [-0.3, -0.25) is 0 Å². The molecule has 0 aliphatic rings. The molecule has 5 nitrogen and oxygen atoms in total. The highest BCUT2D eigenvalue weighted by molar-refractivity contribution is 5.70. The number of aromatic nitrogens is 2. The van der Waals surface area contributed by atoms with Gasteiger partial charge in [-0.05, 0) is 35.5 Å². The molecular formula is C15H11N3O2. The standard InChI is InChI=1S/C15H11N3O2/c19-15-8-4-1-5-11(15)13-9-10-16-18(13)14-7-3-2-6-12(14)17-20/h1-10,19H. The number of para-hydroxylation sites is 2. The van der Waals surface area contributed by atoms with Crippen molar-refractivity contribution in [2.45, 2.75) is 0 Å². The first-order chi connectivity index (χ1) is 9.81. The summed E-state index contributed by atoms with van der Waals surface area (Å²) < 4.78 is 1.59. The largest absolute Gasteiger partial charge is 0.507 e. The number of rotatable bonds is 3. The lowest BCUT2D eigenvalue weighted by molar-refractivity contribution is 0.477. The van der Waals surface area contributed by atoms with Crippen molar-refractivity contribution in [3.05, 3.63) is 65.7 Å². The lowest BCUT2D eigenvalue weighted by Gasteiger charge is -2.10. The summed E-state index contributed by atoms with van der Waals surface area (Å²) in [6.45, 7) is 0. The normalized spacial score (nSPS) is 10.4. The van der Waals surface area contributed by atoms with Gasteiger partial charge in [-0.25, -0.2) is 4.68 Å². The third kappa shape index (κ3) is 1.95. The monoisotopic (exact) mass is 265 g/mol. The predicted molar refractivity (Wildman–Crippen MR) is 76.1 cm³/mol. The molecule has 1 N–H and O–H groups in total. The third-order valence-electron chi connectivity index (χ3n) is 3.03. The number of nitroso groups, excluding NO2 is 1. The van der Waals surface area contributed by atoms with E-state index in [9.17, 15) is 10.0 Å². The Labute approximate surface area is 115 Å². The summed E-state index contributed by atoms with van der Waals surface area (Å²) >= 11 is 0. The number of hydrogen-bond donors (Lipinski definition) is 1. The Bertz CT molecular complexity index is 765. The molecule has 0 aliphatic heterocycles. The first-order valence-electron chi connectivity index (χ1n) is 6.06. The Kier molecular flexibility index (Phi) is 3.01. The van der Waals surface area contributed by atoms with Crippen LogP contribution < -0.4 is 0 Å². The second-order valence-electron chi connectivity index (χ2n) is 4.23. The van der Waals surface area contributed by atoms with Crippen LogP contribution in [0.15, 0.2) is 66.0 Å². The van der Waals surface area contributed by atoms with Gasteiger partial charge in [0.05, 0.1) is 17.6 Å². The molecular weight excluding hydrogens is 254 g/mol. The molecule has 0 spiro atoms. The molecule has 0 bridgehead atoms. The van der Waals surface area contributed by atoms with Gasteiger partial charge < -0.3 is 5.11 Å². The van der Waals surface area contributed by atoms with Crippen LogP contribution in [0.5, 0.6) is 5.75 Å². The maximum absolute atomic E-state index is 10.9. The van der Waals surface area contributed by atoms with E-state index in [1.165, 1.54) is 0 Å². The van der Waals surface area contributed by atoms with Gasteiger partial charge in [0.15, 0.2) is 0 Å². The van der Waals surface area contributed by atoms with Crippen LogP contribution in [0.2, 0.25) is 0 Å². The second kappa shape index (κ2) is 4.97. The number of hydrogen-bond acceptors (Lipinski definition) is 4. The van der Waals surface area contributed by atoms with Crippen LogP contribution in [0, 0.1) is 4.91 Å². The molecule has 20 heavy (non-hydrogen) atoms. The highest BCUT2D eigenvalue weighted by atomic mass is 16.3. The van der Waals surface area contributed by atoms with Crippen LogP contribution in [0.25, 0.3) is 16.9 Å². The molecule has 3 aromatic rings. The molecule has 3 rings (SSSR count). The number of benzene rings is 2. The summed E-state index contributed by atoms with van der Waals surface area (Å²) in [5, 5.41) is 17.2. The summed E-state index contributed by atoms with van der Waals surface area (Å²) in [5.41, 5.74) is 2.21. The topological polar surface area (TPSA) is 67.5 Å². The number of phenols is 1. The molecule has 0 amide bonds. The van der Waals surface area contributed by atoms with Crippen LogP contribution in [0.4, 0.5) is 5.69 Å². The van der Waals surface area contributed by atoms with E-state index in [1.807, 2.05) is 6.07 Å². The van der Waals surface area contributed by atoms with Crippen LogP contribution in [0.1, 0.15) is 0 Å². The van der Waals surface area contributed by atoms with E-state index in [2.05, 4.69) is 10.3 Å². The van der Waals surface area contributed by atoms with E-state index in [-0.39, 0.29) is 5.75 Å². The van der Waals surface area contributed by atoms with Gasteiger partial charge >= 0.3 is 0 Å². The van der Waals surface area contributed by atoms with Gasteiger partial charge in [0.25, 0.3) is 0 Å². The molecule has 1 heterocycles. The highest BCUT2D eigenvalue weighted by Gasteiger charge is 2.13. The third-order valence-corrected chi connectivity index (χ3v) is 3.03. The molecule has 0 unspecified atom stereocenters. The Morgan fingerprint density at radius 1 is 1.00 bits per heavy atom. The van der Waals surface area contributed by atoms with Crippen molar-refractivity contribution in [1.29, 1.82) is 0 Å². The quantitative estimate of drug-likeness (QED) is 0.735. The van der Waals surface area contributed by atoms with Crippen LogP contribution in [-0.2, 0) is 0 Å². The van der Waals surface area contributed by atoms with Crippen molar-refractivity contribution in [2.75, 3.05) is 0 Å². The molecule has 0 saturated heterocycles. The summed E-state index contributed by atoms with van der Waals surface area (Å²) in [6, 6.07) is 15.7. The minimum atomic E-state index is 0.158. The van der Waals surface area contributed by atoms with Crippen molar-refractivity contribution in [1.82, 2.24) is 9.78 Å². The fourth-order valence-corrected chi connectivity index (χ4v) is 2.11. The molecule has 2 aromatic carbocycles. The Hall–Kier alpha value is -2.95. The average molecular weight is 265 g/mol.